The average molecular weight is 345 g/mol. The average Bonchev–Trinajstić information content (AvgIpc) is 2.38. The standard InChI is InChI=1S/C15H12BrF3O/c1-2-20-12-7-8-13(14(16)9-12)10-3-5-11(6-4-10)15(17,18)19/h3-9H,2H2,1H3. The second kappa shape index (κ2) is 5.87. The van der Waals surface area contributed by atoms with E-state index < -0.39 is 11.7 Å². The van der Waals surface area contributed by atoms with Crippen LogP contribution in [0.2, 0.25) is 0 Å². The molecule has 0 aliphatic rings. The van der Waals surface area contributed by atoms with Crippen molar-refractivity contribution >= 4 is 15.9 Å². The van der Waals surface area contributed by atoms with Crippen LogP contribution in [0.4, 0.5) is 13.2 Å². The number of alkyl halides is 3. The van der Waals surface area contributed by atoms with E-state index in [0.29, 0.717) is 12.2 Å². The summed E-state index contributed by atoms with van der Waals surface area (Å²) in [6.07, 6.45) is -4.31. The summed E-state index contributed by atoms with van der Waals surface area (Å²) in [7, 11) is 0. The first-order chi connectivity index (χ1) is 9.41. The Morgan fingerprint density at radius 3 is 2.20 bits per heavy atom. The molecule has 2 aromatic carbocycles. The molecule has 20 heavy (non-hydrogen) atoms. The van der Waals surface area contributed by atoms with Crippen LogP contribution in [0.25, 0.3) is 11.1 Å². The number of hydrogen-bond acceptors (Lipinski definition) is 1. The normalized spacial score (nSPS) is 11.4. The van der Waals surface area contributed by atoms with Gasteiger partial charge in [0.15, 0.2) is 0 Å². The molecule has 106 valence electrons. The lowest BCUT2D eigenvalue weighted by Gasteiger charge is -2.10. The van der Waals surface area contributed by atoms with Crippen LogP contribution in [0, 0.1) is 0 Å². The molecular formula is C15H12BrF3O. The predicted octanol–water partition coefficient (Wildman–Crippen LogP) is 5.53. The fourth-order valence-corrected chi connectivity index (χ4v) is 2.41. The predicted molar refractivity (Wildman–Crippen MR) is 75.7 cm³/mol. The number of hydrogen-bond donors (Lipinski definition) is 0. The van der Waals surface area contributed by atoms with Crippen molar-refractivity contribution in [2.24, 2.45) is 0 Å². The monoisotopic (exact) mass is 344 g/mol. The van der Waals surface area contributed by atoms with Gasteiger partial charge in [-0.1, -0.05) is 28.1 Å². The van der Waals surface area contributed by atoms with Gasteiger partial charge in [-0.2, -0.15) is 13.2 Å². The molecule has 2 aromatic rings. The first kappa shape index (κ1) is 14.9. The smallest absolute Gasteiger partial charge is 0.416 e. The molecule has 0 aliphatic heterocycles. The van der Waals surface area contributed by atoms with Gasteiger partial charge in [-0.05, 0) is 48.4 Å². The fraction of sp³-hybridized carbons (Fsp3) is 0.200. The van der Waals surface area contributed by atoms with Crippen molar-refractivity contribution in [2.45, 2.75) is 13.1 Å². The third-order valence-electron chi connectivity index (χ3n) is 2.77. The minimum absolute atomic E-state index is 0.562. The van der Waals surface area contributed by atoms with Crippen LogP contribution in [-0.4, -0.2) is 6.61 Å². The van der Waals surface area contributed by atoms with E-state index in [-0.39, 0.29) is 0 Å². The molecule has 0 aliphatic carbocycles. The Hall–Kier alpha value is -1.49. The highest BCUT2D eigenvalue weighted by Crippen LogP contribution is 2.34. The van der Waals surface area contributed by atoms with E-state index in [1.807, 2.05) is 13.0 Å². The summed E-state index contributed by atoms with van der Waals surface area (Å²) in [5, 5.41) is 0. The maximum atomic E-state index is 12.5. The third-order valence-corrected chi connectivity index (χ3v) is 3.43. The Labute approximate surface area is 123 Å². The van der Waals surface area contributed by atoms with E-state index in [1.54, 1.807) is 12.1 Å². The number of halogens is 4. The van der Waals surface area contributed by atoms with Gasteiger partial charge >= 0.3 is 6.18 Å². The molecule has 0 unspecified atom stereocenters. The zero-order valence-corrected chi connectivity index (χ0v) is 12.3. The second-order valence-corrected chi connectivity index (χ2v) is 5.00. The molecule has 1 nitrogen and oxygen atoms in total. The highest BCUT2D eigenvalue weighted by atomic mass is 79.9. The molecule has 0 atom stereocenters. The van der Waals surface area contributed by atoms with Gasteiger partial charge in [0, 0.05) is 4.47 Å². The first-order valence-electron chi connectivity index (χ1n) is 6.02. The number of benzene rings is 2. The lowest BCUT2D eigenvalue weighted by molar-refractivity contribution is -0.137. The SMILES string of the molecule is CCOc1ccc(-c2ccc(C(F)(F)F)cc2)c(Br)c1. The van der Waals surface area contributed by atoms with Crippen molar-refractivity contribution in [1.29, 1.82) is 0 Å². The van der Waals surface area contributed by atoms with Crippen molar-refractivity contribution in [3.63, 3.8) is 0 Å². The Morgan fingerprint density at radius 1 is 1.05 bits per heavy atom. The Bertz CT molecular complexity index is 591. The van der Waals surface area contributed by atoms with Gasteiger partial charge in [0.05, 0.1) is 12.2 Å². The van der Waals surface area contributed by atoms with Crippen LogP contribution in [0.1, 0.15) is 12.5 Å². The summed E-state index contributed by atoms with van der Waals surface area (Å²) >= 11 is 3.41. The van der Waals surface area contributed by atoms with Crippen molar-refractivity contribution in [3.8, 4) is 16.9 Å². The zero-order valence-electron chi connectivity index (χ0n) is 10.7. The molecule has 0 amide bonds. The molecule has 0 spiro atoms. The molecule has 0 fully saturated rings. The van der Waals surface area contributed by atoms with Crippen LogP contribution >= 0.6 is 15.9 Å². The molecule has 0 N–H and O–H groups in total. The summed E-state index contributed by atoms with van der Waals surface area (Å²) < 4.78 is 43.7. The number of ether oxygens (including phenoxy) is 1. The van der Waals surface area contributed by atoms with Gasteiger partial charge < -0.3 is 4.74 Å². The summed E-state index contributed by atoms with van der Waals surface area (Å²) in [4.78, 5) is 0. The quantitative estimate of drug-likeness (QED) is 0.710. The van der Waals surface area contributed by atoms with Gasteiger partial charge in [-0.15, -0.1) is 0 Å². The van der Waals surface area contributed by atoms with Crippen LogP contribution in [0.3, 0.4) is 0 Å². The Morgan fingerprint density at radius 2 is 1.70 bits per heavy atom. The largest absolute Gasteiger partial charge is 0.494 e. The maximum absolute atomic E-state index is 12.5. The number of rotatable bonds is 3. The Kier molecular flexibility index (Phi) is 4.38. The topological polar surface area (TPSA) is 9.23 Å². The highest BCUT2D eigenvalue weighted by Gasteiger charge is 2.30. The summed E-state index contributed by atoms with van der Waals surface area (Å²) in [6, 6.07) is 10.5. The van der Waals surface area contributed by atoms with Crippen LogP contribution in [-0.2, 0) is 6.18 Å². The molecule has 0 heterocycles. The third kappa shape index (κ3) is 3.33. The lowest BCUT2D eigenvalue weighted by atomic mass is 10.0. The van der Waals surface area contributed by atoms with Crippen molar-refractivity contribution in [2.75, 3.05) is 6.61 Å². The van der Waals surface area contributed by atoms with E-state index in [2.05, 4.69) is 15.9 Å². The van der Waals surface area contributed by atoms with Crippen molar-refractivity contribution < 1.29 is 17.9 Å². The molecule has 0 radical (unpaired) electrons. The minimum Gasteiger partial charge on any atom is -0.494 e. The van der Waals surface area contributed by atoms with E-state index in [1.165, 1.54) is 12.1 Å². The zero-order chi connectivity index (χ0) is 14.8. The highest BCUT2D eigenvalue weighted by molar-refractivity contribution is 9.10. The van der Waals surface area contributed by atoms with Gasteiger partial charge in [0.1, 0.15) is 5.75 Å². The van der Waals surface area contributed by atoms with Gasteiger partial charge in [0.25, 0.3) is 0 Å². The van der Waals surface area contributed by atoms with Crippen molar-refractivity contribution in [1.82, 2.24) is 0 Å². The molecule has 0 aromatic heterocycles. The van der Waals surface area contributed by atoms with Crippen LogP contribution in [0.15, 0.2) is 46.9 Å². The summed E-state index contributed by atoms with van der Waals surface area (Å²) in [5.41, 5.74) is 0.887. The van der Waals surface area contributed by atoms with Gasteiger partial charge in [0.2, 0.25) is 0 Å². The molecule has 0 saturated carbocycles. The van der Waals surface area contributed by atoms with Crippen molar-refractivity contribution in [3.05, 3.63) is 52.5 Å². The van der Waals surface area contributed by atoms with Gasteiger partial charge in [-0.3, -0.25) is 0 Å². The molecule has 0 bridgehead atoms. The Balaban J connectivity index is 2.32. The summed E-state index contributed by atoms with van der Waals surface area (Å²) in [6.45, 7) is 2.45. The van der Waals surface area contributed by atoms with E-state index >= 15 is 0 Å². The maximum Gasteiger partial charge on any atom is 0.416 e. The van der Waals surface area contributed by atoms with Crippen LogP contribution < -0.4 is 4.74 Å². The lowest BCUT2D eigenvalue weighted by Crippen LogP contribution is -2.04. The second-order valence-electron chi connectivity index (χ2n) is 4.15. The van der Waals surface area contributed by atoms with Gasteiger partial charge in [-0.25, -0.2) is 0 Å². The molecule has 5 heteroatoms. The minimum atomic E-state index is -4.31. The van der Waals surface area contributed by atoms with E-state index in [4.69, 9.17) is 4.74 Å². The van der Waals surface area contributed by atoms with Crippen LogP contribution in [0.5, 0.6) is 5.75 Å². The van der Waals surface area contributed by atoms with E-state index in [9.17, 15) is 13.2 Å². The fourth-order valence-electron chi connectivity index (χ4n) is 1.83. The van der Waals surface area contributed by atoms with E-state index in [0.717, 1.165) is 27.9 Å². The molecule has 0 saturated heterocycles. The first-order valence-corrected chi connectivity index (χ1v) is 6.81. The summed E-state index contributed by atoms with van der Waals surface area (Å²) in [5.74, 6) is 0.718. The molecular weight excluding hydrogens is 333 g/mol. The molecule has 2 rings (SSSR count).